The maximum atomic E-state index is 11.4. The molecule has 0 fully saturated rings. The maximum Gasteiger partial charge on any atom is 0.446 e. The minimum Gasteiger partial charge on any atom is -0.482 e. The van der Waals surface area contributed by atoms with Crippen LogP contribution >= 0.6 is 0 Å². The van der Waals surface area contributed by atoms with Gasteiger partial charge in [-0.05, 0) is 48.2 Å². The lowest BCUT2D eigenvalue weighted by atomic mass is 9.98. The molecule has 2 aromatic rings. The Kier molecular flexibility index (Phi) is 7.30. The van der Waals surface area contributed by atoms with Crippen LogP contribution in [0.25, 0.3) is 0 Å². The molecule has 1 aliphatic heterocycles. The van der Waals surface area contributed by atoms with Gasteiger partial charge in [-0.1, -0.05) is 18.2 Å². The van der Waals surface area contributed by atoms with Crippen molar-refractivity contribution in [3.63, 3.8) is 0 Å². The van der Waals surface area contributed by atoms with Gasteiger partial charge >= 0.3 is 31.2 Å². The van der Waals surface area contributed by atoms with E-state index >= 15 is 0 Å². The van der Waals surface area contributed by atoms with Crippen molar-refractivity contribution in [2.24, 2.45) is 0 Å². The van der Waals surface area contributed by atoms with Crippen LogP contribution in [0.15, 0.2) is 42.5 Å². The van der Waals surface area contributed by atoms with Gasteiger partial charge < -0.3 is 8.92 Å². The van der Waals surface area contributed by atoms with Crippen LogP contribution in [0.1, 0.15) is 35.3 Å². The number of fused-ring (bicyclic) bond motifs is 1. The van der Waals surface area contributed by atoms with E-state index < -0.39 is 43.4 Å². The van der Waals surface area contributed by atoms with Crippen molar-refractivity contribution < 1.29 is 56.2 Å². The number of ether oxygens (including phenoxy) is 1. The van der Waals surface area contributed by atoms with E-state index in [4.69, 9.17) is 18.0 Å². The summed E-state index contributed by atoms with van der Waals surface area (Å²) in [7, 11) is -14.2. The van der Waals surface area contributed by atoms with E-state index in [2.05, 4.69) is 8.37 Å². The molecule has 3 N–H and O–H groups in total. The molecule has 1 aliphatic rings. The third kappa shape index (κ3) is 7.61. The van der Waals surface area contributed by atoms with Crippen LogP contribution in [0, 0.1) is 0 Å². The van der Waals surface area contributed by atoms with Crippen LogP contribution in [0.3, 0.4) is 0 Å². The predicted molar refractivity (Wildman–Crippen MR) is 110 cm³/mol. The summed E-state index contributed by atoms with van der Waals surface area (Å²) in [5.41, 5.74) is 1.26. The highest BCUT2D eigenvalue weighted by atomic mass is 32.3. The fraction of sp³-hybridized carbons (Fsp3) is 0.294. The van der Waals surface area contributed by atoms with Crippen molar-refractivity contribution in [2.75, 3.05) is 6.61 Å². The normalized spacial score (nSPS) is 18.5. The predicted octanol–water partition coefficient (Wildman–Crippen LogP) is 1.61. The van der Waals surface area contributed by atoms with E-state index in [0.717, 1.165) is 0 Å². The van der Waals surface area contributed by atoms with E-state index in [1.54, 1.807) is 12.1 Å². The van der Waals surface area contributed by atoms with Gasteiger partial charge in [0.05, 0.1) is 6.61 Å². The summed E-state index contributed by atoms with van der Waals surface area (Å²) in [5, 5.41) is 0. The molecule has 1 heterocycles. The van der Waals surface area contributed by atoms with Gasteiger partial charge in [-0.2, -0.15) is 25.3 Å². The molecule has 3 rings (SSSR count). The van der Waals surface area contributed by atoms with E-state index in [0.29, 0.717) is 17.5 Å². The molecular formula is C17H18O13S3. The van der Waals surface area contributed by atoms with Gasteiger partial charge in [-0.15, -0.1) is 0 Å². The summed E-state index contributed by atoms with van der Waals surface area (Å²) in [4.78, 5) is 0. The van der Waals surface area contributed by atoms with Gasteiger partial charge in [0.2, 0.25) is 0 Å². The molecule has 182 valence electrons. The molecule has 13 nitrogen and oxygen atoms in total. The molecule has 0 bridgehead atoms. The highest BCUT2D eigenvalue weighted by Gasteiger charge is 2.39. The van der Waals surface area contributed by atoms with E-state index in [9.17, 15) is 29.8 Å². The molecule has 16 heteroatoms. The minimum absolute atomic E-state index is 0.210. The Hall–Kier alpha value is -2.31. The molecule has 2 atom stereocenters. The van der Waals surface area contributed by atoms with Gasteiger partial charge in [0.15, 0.2) is 6.10 Å². The molecule has 0 saturated carbocycles. The lowest BCUT2D eigenvalue weighted by Gasteiger charge is -2.18. The number of hydrogen-bond donors (Lipinski definition) is 3. The Balaban J connectivity index is 1.83. The molecular weight excluding hydrogens is 508 g/mol. The van der Waals surface area contributed by atoms with Gasteiger partial charge in [-0.3, -0.25) is 13.7 Å². The van der Waals surface area contributed by atoms with Crippen molar-refractivity contribution >= 4 is 31.2 Å². The van der Waals surface area contributed by atoms with Crippen LogP contribution in [-0.2, 0) is 46.0 Å². The van der Waals surface area contributed by atoms with Crippen LogP contribution in [-0.4, -0.2) is 45.5 Å². The van der Waals surface area contributed by atoms with Crippen LogP contribution < -0.4 is 8.92 Å². The first-order valence-electron chi connectivity index (χ1n) is 9.04. The van der Waals surface area contributed by atoms with Gasteiger partial charge in [-0.25, -0.2) is 8.37 Å². The molecule has 0 amide bonds. The summed E-state index contributed by atoms with van der Waals surface area (Å²) >= 11 is 0. The minimum atomic E-state index is -4.91. The number of aryl methyl sites for hydroxylation is 1. The monoisotopic (exact) mass is 526 g/mol. The fourth-order valence-corrected chi connectivity index (χ4v) is 4.35. The van der Waals surface area contributed by atoms with Crippen molar-refractivity contribution in [1.82, 2.24) is 0 Å². The molecule has 33 heavy (non-hydrogen) atoms. The number of hydrogen-bond acceptors (Lipinski definition) is 10. The summed E-state index contributed by atoms with van der Waals surface area (Å²) < 4.78 is 111. The van der Waals surface area contributed by atoms with Crippen LogP contribution in [0.2, 0.25) is 0 Å². The first kappa shape index (κ1) is 25.3. The molecule has 0 aliphatic carbocycles. The second kappa shape index (κ2) is 9.51. The van der Waals surface area contributed by atoms with Crippen molar-refractivity contribution in [3.8, 4) is 11.5 Å². The highest BCUT2D eigenvalue weighted by Crippen LogP contribution is 2.47. The lowest BCUT2D eigenvalue weighted by Crippen LogP contribution is -2.17. The molecule has 2 aromatic carbocycles. The average Bonchev–Trinajstić information content (AvgIpc) is 3.00. The van der Waals surface area contributed by atoms with Crippen LogP contribution in [0.4, 0.5) is 0 Å². The third-order valence-electron chi connectivity index (χ3n) is 4.39. The zero-order chi connectivity index (χ0) is 24.4. The Bertz CT molecular complexity index is 1320. The van der Waals surface area contributed by atoms with Gasteiger partial charge in [0.25, 0.3) is 0 Å². The molecule has 0 aromatic heterocycles. The highest BCUT2D eigenvalue weighted by molar-refractivity contribution is 7.81. The van der Waals surface area contributed by atoms with E-state index in [1.165, 1.54) is 30.3 Å². The first-order valence-corrected chi connectivity index (χ1v) is 13.1. The summed E-state index contributed by atoms with van der Waals surface area (Å²) in [5.74, 6) is 0.0447. The Morgan fingerprint density at radius 3 is 2.09 bits per heavy atom. The quantitative estimate of drug-likeness (QED) is 0.298. The van der Waals surface area contributed by atoms with Crippen molar-refractivity contribution in [1.29, 1.82) is 0 Å². The van der Waals surface area contributed by atoms with Crippen molar-refractivity contribution in [2.45, 2.75) is 25.0 Å². The fourth-order valence-electron chi connectivity index (χ4n) is 3.20. The SMILES string of the molecule is O=S(=O)(O)OCCCc1ccc2c(c1)[C@H](OS(=O)(=O)O)[C@H](c1ccc(OS(=O)(=O)O)cc1)O2. The average molecular weight is 527 g/mol. The summed E-state index contributed by atoms with van der Waals surface area (Å²) in [6.45, 7) is -0.280. The molecule has 0 saturated heterocycles. The first-order chi connectivity index (χ1) is 15.2. The third-order valence-corrected chi connectivity index (χ3v) is 5.71. The Labute approximate surface area is 189 Å². The molecule has 0 spiro atoms. The number of benzene rings is 2. The Morgan fingerprint density at radius 1 is 0.848 bits per heavy atom. The van der Waals surface area contributed by atoms with Crippen molar-refractivity contribution in [3.05, 3.63) is 59.2 Å². The zero-order valence-corrected chi connectivity index (χ0v) is 18.9. The molecule has 0 radical (unpaired) electrons. The van der Waals surface area contributed by atoms with Gasteiger partial charge in [0, 0.05) is 5.56 Å². The van der Waals surface area contributed by atoms with Crippen LogP contribution in [0.5, 0.6) is 11.5 Å². The number of rotatable bonds is 10. The van der Waals surface area contributed by atoms with E-state index in [-0.39, 0.29) is 30.1 Å². The van der Waals surface area contributed by atoms with Gasteiger partial charge in [0.1, 0.15) is 17.6 Å². The zero-order valence-electron chi connectivity index (χ0n) is 16.5. The standard InChI is InChI=1S/C17H18O13S3/c18-31(19,20)27-9-1-2-11-3-8-15-14(10-11)17(30-33(24,25)26)16(28-15)12-4-6-13(7-5-12)29-32(21,22)23/h3-8,10,16-17H,1-2,9H2,(H,18,19,20)(H,21,22,23)(H,24,25,26)/t16-,17-/m0/s1. The summed E-state index contributed by atoms with van der Waals surface area (Å²) in [6.07, 6.45) is -1.85. The van der Waals surface area contributed by atoms with E-state index in [1.807, 2.05) is 0 Å². The smallest absolute Gasteiger partial charge is 0.446 e. The lowest BCUT2D eigenvalue weighted by molar-refractivity contribution is 0.0807. The molecule has 0 unspecified atom stereocenters. The second-order valence-electron chi connectivity index (χ2n) is 6.79. The second-order valence-corrected chi connectivity index (χ2v) is 9.95. The Morgan fingerprint density at radius 2 is 1.52 bits per heavy atom. The maximum absolute atomic E-state index is 11.4. The largest absolute Gasteiger partial charge is 0.482 e. The summed E-state index contributed by atoms with van der Waals surface area (Å²) in [6, 6.07) is 9.82. The topological polar surface area (TPSA) is 200 Å².